The van der Waals surface area contributed by atoms with Gasteiger partial charge in [0.15, 0.2) is 0 Å². The highest BCUT2D eigenvalue weighted by atomic mass is 16.5. The molecule has 1 amide bonds. The van der Waals surface area contributed by atoms with Crippen molar-refractivity contribution in [3.63, 3.8) is 0 Å². The summed E-state index contributed by atoms with van der Waals surface area (Å²) in [6.45, 7) is 2.45. The molecule has 0 heterocycles. The fourth-order valence-corrected chi connectivity index (χ4v) is 2.36. The van der Waals surface area contributed by atoms with Gasteiger partial charge in [0.25, 0.3) is 0 Å². The van der Waals surface area contributed by atoms with E-state index < -0.39 is 0 Å². The third-order valence-corrected chi connectivity index (χ3v) is 3.50. The molecule has 4 heteroatoms. The number of hydrogen-bond donors (Lipinski definition) is 0. The number of nitrogens with zero attached hydrogens (tertiary/aromatic N) is 1. The molecule has 0 aromatic rings. The van der Waals surface area contributed by atoms with Crippen LogP contribution in [0.4, 0.5) is 0 Å². The maximum absolute atomic E-state index is 11.8. The SMILES string of the molecule is CCCOC(=O)CN(C)C(=O)CCC1CCCC1. The van der Waals surface area contributed by atoms with Gasteiger partial charge >= 0.3 is 5.97 Å². The first-order chi connectivity index (χ1) is 8.63. The second kappa shape index (κ2) is 8.11. The van der Waals surface area contributed by atoms with Crippen LogP contribution in [0, 0.1) is 5.92 Å². The van der Waals surface area contributed by atoms with Crippen LogP contribution >= 0.6 is 0 Å². The Bertz CT molecular complexity index is 272. The lowest BCUT2D eigenvalue weighted by Crippen LogP contribution is -2.33. The third-order valence-electron chi connectivity index (χ3n) is 3.50. The number of likely N-dealkylation sites (N-methyl/N-ethyl adjacent to an activating group) is 1. The Morgan fingerprint density at radius 1 is 1.28 bits per heavy atom. The lowest BCUT2D eigenvalue weighted by atomic mass is 10.0. The molecule has 0 N–H and O–H groups in total. The van der Waals surface area contributed by atoms with Crippen LogP contribution in [-0.2, 0) is 14.3 Å². The topological polar surface area (TPSA) is 46.6 Å². The Hall–Kier alpha value is -1.06. The number of esters is 1. The molecule has 1 aliphatic rings. The van der Waals surface area contributed by atoms with Gasteiger partial charge in [-0.2, -0.15) is 0 Å². The summed E-state index contributed by atoms with van der Waals surface area (Å²) in [6.07, 6.45) is 7.46. The zero-order valence-electron chi connectivity index (χ0n) is 11.6. The number of ether oxygens (including phenoxy) is 1. The van der Waals surface area contributed by atoms with E-state index in [2.05, 4.69) is 0 Å². The molecule has 1 fully saturated rings. The molecule has 1 saturated carbocycles. The summed E-state index contributed by atoms with van der Waals surface area (Å²) < 4.78 is 4.96. The monoisotopic (exact) mass is 255 g/mol. The van der Waals surface area contributed by atoms with E-state index in [1.54, 1.807) is 7.05 Å². The van der Waals surface area contributed by atoms with Gasteiger partial charge in [-0.15, -0.1) is 0 Å². The van der Waals surface area contributed by atoms with Gasteiger partial charge in [0.2, 0.25) is 5.91 Å². The summed E-state index contributed by atoms with van der Waals surface area (Å²) in [4.78, 5) is 24.7. The van der Waals surface area contributed by atoms with Gasteiger partial charge in [-0.25, -0.2) is 0 Å². The number of rotatable bonds is 7. The highest BCUT2D eigenvalue weighted by Gasteiger charge is 2.18. The third kappa shape index (κ3) is 5.52. The van der Waals surface area contributed by atoms with E-state index >= 15 is 0 Å². The second-order valence-corrected chi connectivity index (χ2v) is 5.16. The van der Waals surface area contributed by atoms with Crippen LogP contribution in [-0.4, -0.2) is 37.0 Å². The van der Waals surface area contributed by atoms with Crippen LogP contribution in [0.5, 0.6) is 0 Å². The highest BCUT2D eigenvalue weighted by molar-refractivity contribution is 5.81. The van der Waals surface area contributed by atoms with Crippen molar-refractivity contribution in [2.45, 2.75) is 51.9 Å². The van der Waals surface area contributed by atoms with E-state index in [0.717, 1.165) is 18.8 Å². The molecule has 0 aliphatic heterocycles. The molecular weight excluding hydrogens is 230 g/mol. The van der Waals surface area contributed by atoms with E-state index in [9.17, 15) is 9.59 Å². The van der Waals surface area contributed by atoms with Crippen molar-refractivity contribution >= 4 is 11.9 Å². The highest BCUT2D eigenvalue weighted by Crippen LogP contribution is 2.28. The van der Waals surface area contributed by atoms with Crippen molar-refractivity contribution in [2.24, 2.45) is 5.92 Å². The maximum Gasteiger partial charge on any atom is 0.325 e. The molecule has 0 bridgehead atoms. The van der Waals surface area contributed by atoms with Crippen molar-refractivity contribution in [1.29, 1.82) is 0 Å². The summed E-state index contributed by atoms with van der Waals surface area (Å²) in [5, 5.41) is 0. The first-order valence-corrected chi connectivity index (χ1v) is 7.03. The first kappa shape index (κ1) is 15.0. The van der Waals surface area contributed by atoms with Gasteiger partial charge in [0, 0.05) is 13.5 Å². The zero-order valence-corrected chi connectivity index (χ0v) is 11.6. The van der Waals surface area contributed by atoms with Gasteiger partial charge in [0.1, 0.15) is 6.54 Å². The molecule has 4 nitrogen and oxygen atoms in total. The van der Waals surface area contributed by atoms with Crippen LogP contribution in [0.25, 0.3) is 0 Å². The summed E-state index contributed by atoms with van der Waals surface area (Å²) in [5.41, 5.74) is 0. The normalized spacial score (nSPS) is 15.7. The Balaban J connectivity index is 2.17. The Morgan fingerprint density at radius 3 is 2.56 bits per heavy atom. The molecule has 104 valence electrons. The van der Waals surface area contributed by atoms with E-state index in [4.69, 9.17) is 4.74 Å². The van der Waals surface area contributed by atoms with Gasteiger partial charge in [-0.05, 0) is 18.8 Å². The summed E-state index contributed by atoms with van der Waals surface area (Å²) >= 11 is 0. The lowest BCUT2D eigenvalue weighted by Gasteiger charge is -2.17. The van der Waals surface area contributed by atoms with Gasteiger partial charge in [-0.1, -0.05) is 32.6 Å². The Morgan fingerprint density at radius 2 is 1.94 bits per heavy atom. The largest absolute Gasteiger partial charge is 0.464 e. The van der Waals surface area contributed by atoms with Gasteiger partial charge < -0.3 is 9.64 Å². The minimum Gasteiger partial charge on any atom is -0.464 e. The molecule has 1 rings (SSSR count). The second-order valence-electron chi connectivity index (χ2n) is 5.16. The zero-order chi connectivity index (χ0) is 13.4. The average molecular weight is 255 g/mol. The van der Waals surface area contributed by atoms with Crippen LogP contribution < -0.4 is 0 Å². The van der Waals surface area contributed by atoms with E-state index in [1.165, 1.54) is 30.6 Å². The average Bonchev–Trinajstić information content (AvgIpc) is 2.86. The number of hydrogen-bond acceptors (Lipinski definition) is 3. The van der Waals surface area contributed by atoms with Crippen molar-refractivity contribution < 1.29 is 14.3 Å². The summed E-state index contributed by atoms with van der Waals surface area (Å²) in [6, 6.07) is 0. The molecule has 0 spiro atoms. The smallest absolute Gasteiger partial charge is 0.325 e. The molecule has 1 aliphatic carbocycles. The fourth-order valence-electron chi connectivity index (χ4n) is 2.36. The molecule has 0 atom stereocenters. The molecule has 0 aromatic carbocycles. The lowest BCUT2D eigenvalue weighted by molar-refractivity contribution is -0.148. The van der Waals surface area contributed by atoms with Crippen LogP contribution in [0.15, 0.2) is 0 Å². The first-order valence-electron chi connectivity index (χ1n) is 7.03. The Labute approximate surface area is 110 Å². The summed E-state index contributed by atoms with van der Waals surface area (Å²) in [7, 11) is 1.67. The minimum atomic E-state index is -0.312. The van der Waals surface area contributed by atoms with Gasteiger partial charge in [-0.3, -0.25) is 9.59 Å². The van der Waals surface area contributed by atoms with E-state index in [0.29, 0.717) is 13.0 Å². The quantitative estimate of drug-likeness (QED) is 0.656. The molecule has 0 saturated heterocycles. The van der Waals surface area contributed by atoms with Crippen molar-refractivity contribution in [2.75, 3.05) is 20.2 Å². The predicted octanol–water partition coefficient (Wildman–Crippen LogP) is 2.37. The fraction of sp³-hybridized carbons (Fsp3) is 0.857. The van der Waals surface area contributed by atoms with Gasteiger partial charge in [0.05, 0.1) is 6.61 Å². The minimum absolute atomic E-state index is 0.0512. The van der Waals surface area contributed by atoms with Crippen LogP contribution in [0.1, 0.15) is 51.9 Å². The molecule has 0 aromatic heterocycles. The van der Waals surface area contributed by atoms with E-state index in [-0.39, 0.29) is 18.4 Å². The van der Waals surface area contributed by atoms with Crippen molar-refractivity contribution in [3.05, 3.63) is 0 Å². The maximum atomic E-state index is 11.8. The van der Waals surface area contributed by atoms with Crippen molar-refractivity contribution in [1.82, 2.24) is 4.90 Å². The molecule has 18 heavy (non-hydrogen) atoms. The standard InChI is InChI=1S/C14H25NO3/c1-3-10-18-14(17)11-15(2)13(16)9-8-12-6-4-5-7-12/h12H,3-11H2,1-2H3. The summed E-state index contributed by atoms with van der Waals surface area (Å²) in [5.74, 6) is 0.457. The number of carbonyl (C=O) groups excluding carboxylic acids is 2. The number of amides is 1. The molecule has 0 radical (unpaired) electrons. The van der Waals surface area contributed by atoms with Crippen molar-refractivity contribution in [3.8, 4) is 0 Å². The number of carbonyl (C=O) groups is 2. The molecule has 0 unspecified atom stereocenters. The molecular formula is C14H25NO3. The van der Waals surface area contributed by atoms with Crippen LogP contribution in [0.3, 0.4) is 0 Å². The Kier molecular flexibility index (Phi) is 6.76. The van der Waals surface area contributed by atoms with Crippen LogP contribution in [0.2, 0.25) is 0 Å². The van der Waals surface area contributed by atoms with E-state index in [1.807, 2.05) is 6.92 Å². The predicted molar refractivity (Wildman–Crippen MR) is 70.1 cm³/mol.